The van der Waals surface area contributed by atoms with E-state index in [9.17, 15) is 14.4 Å². The van der Waals surface area contributed by atoms with Gasteiger partial charge in [0, 0.05) is 33.8 Å². The second-order valence-electron chi connectivity index (χ2n) is 9.82. The molecule has 30 heavy (non-hydrogen) atoms. The van der Waals surface area contributed by atoms with Crippen molar-refractivity contribution in [1.29, 1.82) is 0 Å². The first-order valence-corrected chi connectivity index (χ1v) is 10.7. The molecule has 0 saturated carbocycles. The summed E-state index contributed by atoms with van der Waals surface area (Å²) in [5.41, 5.74) is -1.10. The van der Waals surface area contributed by atoms with Gasteiger partial charge >= 0.3 is 6.09 Å². The van der Waals surface area contributed by atoms with Crippen molar-refractivity contribution in [3.8, 4) is 0 Å². The lowest BCUT2D eigenvalue weighted by atomic mass is 10.0. The van der Waals surface area contributed by atoms with Crippen LogP contribution in [0.5, 0.6) is 0 Å². The highest BCUT2D eigenvalue weighted by atomic mass is 16.6. The third kappa shape index (κ3) is 14.2. The number of nitrogens with one attached hydrogen (secondary N) is 1. The van der Waals surface area contributed by atoms with Gasteiger partial charge in [-0.15, -0.1) is 0 Å². The maximum absolute atomic E-state index is 12.4. The molecule has 0 aliphatic rings. The van der Waals surface area contributed by atoms with Crippen LogP contribution in [0.3, 0.4) is 0 Å². The Morgan fingerprint density at radius 2 is 1.60 bits per heavy atom. The molecule has 0 atom stereocenters. The third-order valence-electron chi connectivity index (χ3n) is 4.27. The Kier molecular flexibility index (Phi) is 12.0. The second-order valence-corrected chi connectivity index (χ2v) is 9.82. The zero-order valence-corrected chi connectivity index (χ0v) is 20.5. The summed E-state index contributed by atoms with van der Waals surface area (Å²) >= 11 is 0. The van der Waals surface area contributed by atoms with Crippen molar-refractivity contribution in [2.24, 2.45) is 5.92 Å². The molecule has 0 aromatic rings. The Morgan fingerprint density at radius 3 is 2.13 bits per heavy atom. The fourth-order valence-electron chi connectivity index (χ4n) is 2.46. The minimum Gasteiger partial charge on any atom is -0.444 e. The van der Waals surface area contributed by atoms with Crippen molar-refractivity contribution in [3.63, 3.8) is 0 Å². The Morgan fingerprint density at radius 1 is 1.00 bits per heavy atom. The lowest BCUT2D eigenvalue weighted by Gasteiger charge is -2.27. The molecule has 0 aliphatic heterocycles. The zero-order valence-electron chi connectivity index (χ0n) is 20.5. The van der Waals surface area contributed by atoms with Gasteiger partial charge in [-0.05, 0) is 53.4 Å². The topological polar surface area (TPSA) is 88.2 Å². The Labute approximate surface area is 182 Å². The van der Waals surface area contributed by atoms with Crippen LogP contribution in [0, 0.1) is 5.92 Å². The number of nitrogens with zero attached hydrogens (tertiary/aromatic N) is 2. The maximum Gasteiger partial charge on any atom is 0.410 e. The first-order valence-electron chi connectivity index (χ1n) is 10.7. The molecular weight excluding hydrogens is 386 g/mol. The summed E-state index contributed by atoms with van der Waals surface area (Å²) in [4.78, 5) is 39.3. The van der Waals surface area contributed by atoms with E-state index < -0.39 is 17.3 Å². The number of amides is 3. The van der Waals surface area contributed by atoms with Gasteiger partial charge in [0.2, 0.25) is 11.8 Å². The third-order valence-corrected chi connectivity index (χ3v) is 4.27. The number of carbonyl (C=O) groups excluding carboxylic acids is 3. The van der Waals surface area contributed by atoms with Crippen LogP contribution >= 0.6 is 0 Å². The second kappa shape index (κ2) is 12.8. The fraction of sp³-hybridized carbons (Fsp3) is 0.864. The van der Waals surface area contributed by atoms with Crippen LogP contribution in [-0.2, 0) is 19.1 Å². The average molecular weight is 430 g/mol. The van der Waals surface area contributed by atoms with Crippen LogP contribution in [0.1, 0.15) is 67.7 Å². The van der Waals surface area contributed by atoms with E-state index in [2.05, 4.69) is 19.2 Å². The molecular formula is C22H43N3O5. The van der Waals surface area contributed by atoms with Crippen molar-refractivity contribution in [2.45, 2.75) is 78.9 Å². The highest BCUT2D eigenvalue weighted by molar-refractivity contribution is 5.84. The summed E-state index contributed by atoms with van der Waals surface area (Å²) in [5, 5.41) is 2.78. The summed E-state index contributed by atoms with van der Waals surface area (Å²) < 4.78 is 11.1. The first kappa shape index (κ1) is 28.2. The van der Waals surface area contributed by atoms with Crippen molar-refractivity contribution in [2.75, 3.05) is 40.3 Å². The molecule has 0 heterocycles. The van der Waals surface area contributed by atoms with Gasteiger partial charge in [0.15, 0.2) is 0 Å². The Hall–Kier alpha value is -1.83. The average Bonchev–Trinajstić information content (AvgIpc) is 2.55. The van der Waals surface area contributed by atoms with E-state index in [-0.39, 0.29) is 24.8 Å². The molecule has 0 aromatic heterocycles. The molecule has 0 aromatic carbocycles. The van der Waals surface area contributed by atoms with E-state index in [0.29, 0.717) is 32.0 Å². The van der Waals surface area contributed by atoms with Gasteiger partial charge in [0.1, 0.15) is 5.60 Å². The van der Waals surface area contributed by atoms with Gasteiger partial charge in [-0.2, -0.15) is 0 Å². The lowest BCUT2D eigenvalue weighted by Crippen LogP contribution is -2.42. The SMILES string of the molecule is CC(C)CCOC(C)(C)CC(=O)N(C)CC(=O)NCCCN(C)C(=O)OC(C)(C)C. The molecule has 3 amide bonds. The molecule has 0 aliphatic carbocycles. The van der Waals surface area contributed by atoms with E-state index in [1.54, 1.807) is 14.1 Å². The van der Waals surface area contributed by atoms with E-state index in [1.807, 2.05) is 34.6 Å². The molecule has 8 heteroatoms. The lowest BCUT2D eigenvalue weighted by molar-refractivity contribution is -0.140. The minimum atomic E-state index is -0.567. The molecule has 176 valence electrons. The summed E-state index contributed by atoms with van der Waals surface area (Å²) in [6, 6.07) is 0. The molecule has 0 spiro atoms. The Balaban J connectivity index is 4.18. The summed E-state index contributed by atoms with van der Waals surface area (Å²) in [7, 11) is 3.27. The molecule has 0 rings (SSSR count). The van der Waals surface area contributed by atoms with Crippen LogP contribution in [-0.4, -0.2) is 79.2 Å². The Bertz CT molecular complexity index is 555. The molecule has 0 unspecified atom stereocenters. The van der Waals surface area contributed by atoms with Gasteiger partial charge in [0.25, 0.3) is 0 Å². The number of ether oxygens (including phenoxy) is 2. The van der Waals surface area contributed by atoms with Crippen LogP contribution in [0.25, 0.3) is 0 Å². The predicted octanol–water partition coefficient (Wildman–Crippen LogP) is 3.05. The molecule has 0 fully saturated rings. The molecule has 0 saturated heterocycles. The van der Waals surface area contributed by atoms with E-state index in [0.717, 1.165) is 6.42 Å². The van der Waals surface area contributed by atoms with E-state index in [4.69, 9.17) is 9.47 Å². The number of carbonyl (C=O) groups is 3. The van der Waals surface area contributed by atoms with Gasteiger partial charge in [-0.3, -0.25) is 9.59 Å². The molecule has 0 radical (unpaired) electrons. The first-order chi connectivity index (χ1) is 13.6. The number of hydrogen-bond donors (Lipinski definition) is 1. The monoisotopic (exact) mass is 429 g/mol. The van der Waals surface area contributed by atoms with Crippen LogP contribution in [0.15, 0.2) is 0 Å². The van der Waals surface area contributed by atoms with Gasteiger partial charge < -0.3 is 24.6 Å². The van der Waals surface area contributed by atoms with Crippen LogP contribution in [0.4, 0.5) is 4.79 Å². The molecule has 0 bridgehead atoms. The van der Waals surface area contributed by atoms with Crippen molar-refractivity contribution >= 4 is 17.9 Å². The minimum absolute atomic E-state index is 0.0111. The van der Waals surface area contributed by atoms with Gasteiger partial charge in [-0.25, -0.2) is 4.79 Å². The standard InChI is InChI=1S/C22H43N3O5/c1-17(2)11-14-29-22(6,7)15-19(27)25(9)16-18(26)23-12-10-13-24(8)20(28)30-21(3,4)5/h17H,10-16H2,1-9H3,(H,23,26). The quantitative estimate of drug-likeness (QED) is 0.482. The largest absolute Gasteiger partial charge is 0.444 e. The van der Waals surface area contributed by atoms with E-state index >= 15 is 0 Å². The number of rotatable bonds is 12. The number of likely N-dealkylation sites (N-methyl/N-ethyl adjacent to an activating group) is 1. The fourth-order valence-corrected chi connectivity index (χ4v) is 2.46. The van der Waals surface area contributed by atoms with Gasteiger partial charge in [-0.1, -0.05) is 13.8 Å². The van der Waals surface area contributed by atoms with Crippen LogP contribution in [0.2, 0.25) is 0 Å². The summed E-state index contributed by atoms with van der Waals surface area (Å²) in [6.45, 7) is 15.0. The molecule has 8 nitrogen and oxygen atoms in total. The van der Waals surface area contributed by atoms with Gasteiger partial charge in [0.05, 0.1) is 18.6 Å². The van der Waals surface area contributed by atoms with Crippen LogP contribution < -0.4 is 5.32 Å². The normalized spacial score (nSPS) is 11.9. The zero-order chi connectivity index (χ0) is 23.5. The maximum atomic E-state index is 12.4. The van der Waals surface area contributed by atoms with Crippen molar-refractivity contribution in [1.82, 2.24) is 15.1 Å². The smallest absolute Gasteiger partial charge is 0.410 e. The highest BCUT2D eigenvalue weighted by Gasteiger charge is 2.25. The number of hydrogen-bond acceptors (Lipinski definition) is 5. The summed E-state index contributed by atoms with van der Waals surface area (Å²) in [5.74, 6) is 0.181. The molecule has 1 N–H and O–H groups in total. The van der Waals surface area contributed by atoms with E-state index in [1.165, 1.54) is 9.80 Å². The highest BCUT2D eigenvalue weighted by Crippen LogP contribution is 2.17. The predicted molar refractivity (Wildman–Crippen MR) is 118 cm³/mol. The van der Waals surface area contributed by atoms with Crippen molar-refractivity contribution < 1.29 is 23.9 Å². The summed E-state index contributed by atoms with van der Waals surface area (Å²) in [6.07, 6.45) is 1.36. The van der Waals surface area contributed by atoms with Crippen molar-refractivity contribution in [3.05, 3.63) is 0 Å².